The molecule has 1 aliphatic carbocycles. The van der Waals surface area contributed by atoms with Gasteiger partial charge in [0.25, 0.3) is 0 Å². The molecule has 2 fully saturated rings. The van der Waals surface area contributed by atoms with E-state index in [1.807, 2.05) is 11.8 Å². The molecule has 122 valence electrons. The number of hydrogen-bond acceptors (Lipinski definition) is 3. The third-order valence-corrected chi connectivity index (χ3v) is 6.17. The van der Waals surface area contributed by atoms with Crippen LogP contribution in [0.25, 0.3) is 0 Å². The summed E-state index contributed by atoms with van der Waals surface area (Å²) in [5, 5.41) is 4.98. The average molecular weight is 312 g/mol. The van der Waals surface area contributed by atoms with Gasteiger partial charge in [-0.25, -0.2) is 0 Å². The number of hydrogen-bond donors (Lipinski definition) is 1. The van der Waals surface area contributed by atoms with Gasteiger partial charge in [-0.3, -0.25) is 4.99 Å². The zero-order chi connectivity index (χ0) is 15.1. The summed E-state index contributed by atoms with van der Waals surface area (Å²) in [6.07, 6.45) is 9.35. The molecule has 21 heavy (non-hydrogen) atoms. The van der Waals surface area contributed by atoms with Gasteiger partial charge in [-0.05, 0) is 52.2 Å². The summed E-state index contributed by atoms with van der Waals surface area (Å²) in [4.78, 5) is 7.42. The van der Waals surface area contributed by atoms with Crippen molar-refractivity contribution in [2.75, 3.05) is 25.4 Å². The van der Waals surface area contributed by atoms with Crippen LogP contribution in [0.15, 0.2) is 4.99 Å². The molecule has 1 saturated carbocycles. The fourth-order valence-electron chi connectivity index (χ4n) is 3.49. The van der Waals surface area contributed by atoms with Crippen LogP contribution in [0.4, 0.5) is 0 Å². The van der Waals surface area contributed by atoms with Crippen LogP contribution in [-0.4, -0.2) is 47.0 Å². The van der Waals surface area contributed by atoms with Gasteiger partial charge < -0.3 is 10.2 Å². The van der Waals surface area contributed by atoms with Crippen LogP contribution in [-0.2, 0) is 0 Å². The molecule has 0 amide bonds. The first-order chi connectivity index (χ1) is 10.2. The molecule has 2 aliphatic rings. The minimum atomic E-state index is 0.392. The summed E-state index contributed by atoms with van der Waals surface area (Å²) in [6, 6.07) is 0.453. The van der Waals surface area contributed by atoms with Gasteiger partial charge in [-0.15, -0.1) is 0 Å². The number of thioether (sulfide) groups is 1. The Morgan fingerprint density at radius 2 is 1.95 bits per heavy atom. The van der Waals surface area contributed by atoms with Gasteiger partial charge >= 0.3 is 0 Å². The molecule has 0 aromatic carbocycles. The van der Waals surface area contributed by atoms with E-state index in [2.05, 4.69) is 31.0 Å². The monoisotopic (exact) mass is 311 g/mol. The van der Waals surface area contributed by atoms with Crippen molar-refractivity contribution in [2.45, 2.75) is 77.3 Å². The molecular formula is C17H33N3S. The van der Waals surface area contributed by atoms with Gasteiger partial charge in [0.1, 0.15) is 0 Å². The minimum absolute atomic E-state index is 0.392. The zero-order valence-corrected chi connectivity index (χ0v) is 15.0. The Labute approximate surface area is 135 Å². The maximum atomic E-state index is 4.92. The van der Waals surface area contributed by atoms with Crippen molar-refractivity contribution in [2.24, 2.45) is 4.99 Å². The average Bonchev–Trinajstić information content (AvgIpc) is 2.86. The summed E-state index contributed by atoms with van der Waals surface area (Å²) < 4.78 is 0. The number of nitrogens with zero attached hydrogens (tertiary/aromatic N) is 2. The first kappa shape index (κ1) is 17.1. The van der Waals surface area contributed by atoms with Crippen molar-refractivity contribution < 1.29 is 0 Å². The second-order valence-corrected chi connectivity index (χ2v) is 7.67. The number of aliphatic imine (C=N–C) groups is 1. The van der Waals surface area contributed by atoms with Crippen LogP contribution < -0.4 is 5.32 Å². The lowest BCUT2D eigenvalue weighted by atomic mass is 9.83. The van der Waals surface area contributed by atoms with E-state index in [0.29, 0.717) is 11.6 Å². The SMILES string of the molecule is CCN(CC)CCCC(C)N=C1NC2(CCCCC2)CS1. The molecule has 1 unspecified atom stereocenters. The first-order valence-corrected chi connectivity index (χ1v) is 9.87. The molecule has 0 aromatic heterocycles. The molecule has 0 radical (unpaired) electrons. The van der Waals surface area contributed by atoms with Gasteiger partial charge in [0.05, 0.1) is 6.04 Å². The molecule has 1 saturated heterocycles. The van der Waals surface area contributed by atoms with Crippen LogP contribution >= 0.6 is 11.8 Å². The highest BCUT2D eigenvalue weighted by molar-refractivity contribution is 8.14. The predicted octanol–water partition coefficient (Wildman–Crippen LogP) is 3.89. The Hall–Kier alpha value is -0.220. The van der Waals surface area contributed by atoms with Crippen LogP contribution in [0, 0.1) is 0 Å². The second kappa shape index (κ2) is 8.42. The maximum Gasteiger partial charge on any atom is 0.157 e. The van der Waals surface area contributed by atoms with Crippen molar-refractivity contribution in [3.8, 4) is 0 Å². The molecule has 1 spiro atoms. The maximum absolute atomic E-state index is 4.92. The van der Waals surface area contributed by atoms with E-state index >= 15 is 0 Å². The predicted molar refractivity (Wildman–Crippen MR) is 95.3 cm³/mol. The van der Waals surface area contributed by atoms with E-state index in [1.54, 1.807) is 0 Å². The molecule has 1 aliphatic heterocycles. The number of amidine groups is 1. The van der Waals surface area contributed by atoms with Crippen molar-refractivity contribution in [3.05, 3.63) is 0 Å². The number of rotatable bonds is 7. The van der Waals surface area contributed by atoms with E-state index in [1.165, 1.54) is 75.5 Å². The van der Waals surface area contributed by atoms with Crippen molar-refractivity contribution >= 4 is 16.9 Å². The Bertz CT molecular complexity index is 333. The summed E-state index contributed by atoms with van der Waals surface area (Å²) in [7, 11) is 0. The second-order valence-electron chi connectivity index (χ2n) is 6.71. The normalized spacial score (nSPS) is 24.7. The summed E-state index contributed by atoms with van der Waals surface area (Å²) in [5.41, 5.74) is 0.392. The van der Waals surface area contributed by atoms with Crippen molar-refractivity contribution in [3.63, 3.8) is 0 Å². The standard InChI is InChI=1S/C17H33N3S/c1-4-20(5-2)13-9-10-15(3)18-16-19-17(14-21-16)11-7-6-8-12-17/h15H,4-14H2,1-3H3,(H,18,19). The van der Waals surface area contributed by atoms with Crippen LogP contribution in [0.1, 0.15) is 65.7 Å². The lowest BCUT2D eigenvalue weighted by Crippen LogP contribution is -2.45. The molecule has 1 heterocycles. The van der Waals surface area contributed by atoms with Gasteiger partial charge in [0.15, 0.2) is 5.17 Å². The molecule has 0 aromatic rings. The highest BCUT2D eigenvalue weighted by Crippen LogP contribution is 2.36. The van der Waals surface area contributed by atoms with E-state index in [4.69, 9.17) is 4.99 Å². The van der Waals surface area contributed by atoms with Gasteiger partial charge in [0.2, 0.25) is 0 Å². The molecule has 2 rings (SSSR count). The first-order valence-electron chi connectivity index (χ1n) is 8.88. The summed E-state index contributed by atoms with van der Waals surface area (Å²) >= 11 is 1.95. The van der Waals surface area contributed by atoms with E-state index in [-0.39, 0.29) is 0 Å². The largest absolute Gasteiger partial charge is 0.359 e. The molecule has 0 bridgehead atoms. The van der Waals surface area contributed by atoms with Gasteiger partial charge in [-0.2, -0.15) is 0 Å². The molecular weight excluding hydrogens is 278 g/mol. The Morgan fingerprint density at radius 1 is 1.24 bits per heavy atom. The lowest BCUT2D eigenvalue weighted by molar-refractivity contribution is 0.293. The Balaban J connectivity index is 1.73. The van der Waals surface area contributed by atoms with Crippen LogP contribution in [0.5, 0.6) is 0 Å². The van der Waals surface area contributed by atoms with E-state index in [0.717, 1.165) is 0 Å². The third kappa shape index (κ3) is 5.17. The minimum Gasteiger partial charge on any atom is -0.359 e. The van der Waals surface area contributed by atoms with Crippen LogP contribution in [0.2, 0.25) is 0 Å². The van der Waals surface area contributed by atoms with Crippen LogP contribution in [0.3, 0.4) is 0 Å². The molecule has 1 N–H and O–H groups in total. The third-order valence-electron chi connectivity index (χ3n) is 5.00. The zero-order valence-electron chi connectivity index (χ0n) is 14.2. The topological polar surface area (TPSA) is 27.6 Å². The van der Waals surface area contributed by atoms with Crippen molar-refractivity contribution in [1.29, 1.82) is 0 Å². The van der Waals surface area contributed by atoms with Crippen molar-refractivity contribution in [1.82, 2.24) is 10.2 Å². The smallest absolute Gasteiger partial charge is 0.157 e. The Morgan fingerprint density at radius 3 is 2.62 bits per heavy atom. The Kier molecular flexibility index (Phi) is 6.87. The highest BCUT2D eigenvalue weighted by atomic mass is 32.2. The summed E-state index contributed by atoms with van der Waals surface area (Å²) in [5.74, 6) is 1.23. The fraction of sp³-hybridized carbons (Fsp3) is 0.941. The highest BCUT2D eigenvalue weighted by Gasteiger charge is 2.38. The lowest BCUT2D eigenvalue weighted by Gasteiger charge is -2.32. The molecule has 3 nitrogen and oxygen atoms in total. The van der Waals surface area contributed by atoms with E-state index < -0.39 is 0 Å². The quantitative estimate of drug-likeness (QED) is 0.773. The van der Waals surface area contributed by atoms with E-state index in [9.17, 15) is 0 Å². The summed E-state index contributed by atoms with van der Waals surface area (Å²) in [6.45, 7) is 10.3. The fourth-order valence-corrected chi connectivity index (χ4v) is 4.80. The van der Waals surface area contributed by atoms with Gasteiger partial charge in [-0.1, -0.05) is 44.9 Å². The molecule has 1 atom stereocenters. The van der Waals surface area contributed by atoms with Gasteiger partial charge in [0, 0.05) is 11.3 Å². The molecule has 4 heteroatoms. The number of nitrogens with one attached hydrogen (secondary N) is 1.